The van der Waals surface area contributed by atoms with E-state index in [0.29, 0.717) is 18.5 Å². The van der Waals surface area contributed by atoms with E-state index in [9.17, 15) is 9.59 Å². The molecule has 1 atom stereocenters. The molecule has 102 valence electrons. The lowest BCUT2D eigenvalue weighted by Crippen LogP contribution is -2.40. The van der Waals surface area contributed by atoms with Gasteiger partial charge in [0.2, 0.25) is 5.91 Å². The molecule has 20 heavy (non-hydrogen) atoms. The SMILES string of the molecule is CN1CC[C@@H](NC(=O)c2ccc3ncccc3c2)C1=O. The number of carbonyl (C=O) groups is 2. The summed E-state index contributed by atoms with van der Waals surface area (Å²) >= 11 is 0. The van der Waals surface area contributed by atoms with E-state index in [1.54, 1.807) is 30.3 Å². The van der Waals surface area contributed by atoms with Crippen molar-refractivity contribution in [3.63, 3.8) is 0 Å². The first-order chi connectivity index (χ1) is 9.65. The number of fused-ring (bicyclic) bond motifs is 1. The van der Waals surface area contributed by atoms with Crippen LogP contribution in [0.25, 0.3) is 10.9 Å². The maximum absolute atomic E-state index is 12.2. The van der Waals surface area contributed by atoms with Crippen LogP contribution in [0.4, 0.5) is 0 Å². The summed E-state index contributed by atoms with van der Waals surface area (Å²) in [5.41, 5.74) is 1.40. The van der Waals surface area contributed by atoms with Crippen molar-refractivity contribution in [2.24, 2.45) is 0 Å². The summed E-state index contributed by atoms with van der Waals surface area (Å²) in [4.78, 5) is 29.8. The van der Waals surface area contributed by atoms with Crippen LogP contribution in [0, 0.1) is 0 Å². The molecule has 0 bridgehead atoms. The Morgan fingerprint density at radius 3 is 3.00 bits per heavy atom. The summed E-state index contributed by atoms with van der Waals surface area (Å²) in [7, 11) is 1.75. The molecule has 1 N–H and O–H groups in total. The molecule has 0 unspecified atom stereocenters. The van der Waals surface area contributed by atoms with Gasteiger partial charge in [0.05, 0.1) is 5.52 Å². The van der Waals surface area contributed by atoms with E-state index in [0.717, 1.165) is 10.9 Å². The van der Waals surface area contributed by atoms with Crippen molar-refractivity contribution < 1.29 is 9.59 Å². The third-order valence-electron chi connectivity index (χ3n) is 3.60. The molecule has 0 radical (unpaired) electrons. The Morgan fingerprint density at radius 2 is 2.25 bits per heavy atom. The van der Waals surface area contributed by atoms with Gasteiger partial charge in [-0.1, -0.05) is 6.07 Å². The van der Waals surface area contributed by atoms with Crippen molar-refractivity contribution in [1.29, 1.82) is 0 Å². The summed E-state index contributed by atoms with van der Waals surface area (Å²) in [6, 6.07) is 8.67. The van der Waals surface area contributed by atoms with Crippen molar-refractivity contribution in [2.45, 2.75) is 12.5 Å². The fraction of sp³-hybridized carbons (Fsp3) is 0.267. The summed E-state index contributed by atoms with van der Waals surface area (Å²) < 4.78 is 0. The van der Waals surface area contributed by atoms with Crippen LogP contribution in [-0.2, 0) is 4.79 Å². The van der Waals surface area contributed by atoms with Crippen LogP contribution in [0.1, 0.15) is 16.8 Å². The zero-order chi connectivity index (χ0) is 14.1. The van der Waals surface area contributed by atoms with Gasteiger partial charge in [-0.15, -0.1) is 0 Å². The Hall–Kier alpha value is -2.43. The number of likely N-dealkylation sites (tertiary alicyclic amines) is 1. The highest BCUT2D eigenvalue weighted by molar-refractivity contribution is 6.00. The molecular weight excluding hydrogens is 254 g/mol. The van der Waals surface area contributed by atoms with E-state index in [1.165, 1.54) is 0 Å². The fourth-order valence-corrected chi connectivity index (χ4v) is 2.41. The number of rotatable bonds is 2. The molecule has 2 aromatic rings. The lowest BCUT2D eigenvalue weighted by Gasteiger charge is -2.12. The molecule has 0 aliphatic carbocycles. The van der Waals surface area contributed by atoms with Gasteiger partial charge in [0.25, 0.3) is 5.91 Å². The molecular formula is C15H15N3O2. The van der Waals surface area contributed by atoms with E-state index in [2.05, 4.69) is 10.3 Å². The molecule has 1 saturated heterocycles. The molecule has 2 amide bonds. The zero-order valence-corrected chi connectivity index (χ0v) is 11.2. The summed E-state index contributed by atoms with van der Waals surface area (Å²) in [6.07, 6.45) is 2.38. The van der Waals surface area contributed by atoms with Crippen LogP contribution < -0.4 is 5.32 Å². The summed E-state index contributed by atoms with van der Waals surface area (Å²) in [6.45, 7) is 0.686. The highest BCUT2D eigenvalue weighted by Gasteiger charge is 2.30. The van der Waals surface area contributed by atoms with Crippen LogP contribution in [0.15, 0.2) is 36.5 Å². The minimum absolute atomic E-state index is 0.0270. The minimum Gasteiger partial charge on any atom is -0.344 e. The second-order valence-corrected chi connectivity index (χ2v) is 4.99. The van der Waals surface area contributed by atoms with E-state index >= 15 is 0 Å². The molecule has 1 aliphatic rings. The van der Waals surface area contributed by atoms with Gasteiger partial charge >= 0.3 is 0 Å². The average molecular weight is 269 g/mol. The van der Waals surface area contributed by atoms with E-state index in [-0.39, 0.29) is 11.8 Å². The largest absolute Gasteiger partial charge is 0.344 e. The first-order valence-electron chi connectivity index (χ1n) is 6.56. The number of hydrogen-bond acceptors (Lipinski definition) is 3. The number of nitrogens with one attached hydrogen (secondary N) is 1. The topological polar surface area (TPSA) is 62.3 Å². The Bertz CT molecular complexity index is 684. The standard InChI is InChI=1S/C15H15N3O2/c1-18-8-6-13(15(18)20)17-14(19)11-4-5-12-10(9-11)3-2-7-16-12/h2-5,7,9,13H,6,8H2,1H3,(H,17,19)/t13-/m1/s1. The Labute approximate surface area is 116 Å². The number of nitrogens with zero attached hydrogens (tertiary/aromatic N) is 2. The van der Waals surface area contributed by atoms with Gasteiger partial charge in [0, 0.05) is 30.7 Å². The van der Waals surface area contributed by atoms with Crippen molar-refractivity contribution in [2.75, 3.05) is 13.6 Å². The molecule has 1 fully saturated rings. The second-order valence-electron chi connectivity index (χ2n) is 4.99. The van der Waals surface area contributed by atoms with E-state index in [1.807, 2.05) is 18.2 Å². The number of carbonyl (C=O) groups excluding carboxylic acids is 2. The normalized spacial score (nSPS) is 18.6. The molecule has 0 saturated carbocycles. The molecule has 2 heterocycles. The second kappa shape index (κ2) is 4.92. The van der Waals surface area contributed by atoms with Crippen molar-refractivity contribution >= 4 is 22.7 Å². The van der Waals surface area contributed by atoms with Gasteiger partial charge in [-0.3, -0.25) is 14.6 Å². The maximum atomic E-state index is 12.2. The number of amides is 2. The highest BCUT2D eigenvalue weighted by atomic mass is 16.2. The highest BCUT2D eigenvalue weighted by Crippen LogP contribution is 2.14. The zero-order valence-electron chi connectivity index (χ0n) is 11.2. The van der Waals surface area contributed by atoms with Crippen molar-refractivity contribution in [1.82, 2.24) is 15.2 Å². The number of benzene rings is 1. The molecule has 5 nitrogen and oxygen atoms in total. The Morgan fingerprint density at radius 1 is 1.40 bits per heavy atom. The van der Waals surface area contributed by atoms with Crippen molar-refractivity contribution in [3.05, 3.63) is 42.1 Å². The number of pyridine rings is 1. The third-order valence-corrected chi connectivity index (χ3v) is 3.60. The van der Waals surface area contributed by atoms with Gasteiger partial charge in [-0.25, -0.2) is 0 Å². The summed E-state index contributed by atoms with van der Waals surface area (Å²) in [5, 5.41) is 3.70. The predicted molar refractivity (Wildman–Crippen MR) is 75.3 cm³/mol. The van der Waals surface area contributed by atoms with Crippen LogP contribution in [-0.4, -0.2) is 41.3 Å². The van der Waals surface area contributed by atoms with Gasteiger partial charge < -0.3 is 10.2 Å². The third kappa shape index (κ3) is 2.22. The van der Waals surface area contributed by atoms with E-state index in [4.69, 9.17) is 0 Å². The Kier molecular flexibility index (Phi) is 3.10. The molecule has 1 aromatic heterocycles. The maximum Gasteiger partial charge on any atom is 0.251 e. The first kappa shape index (κ1) is 12.6. The lowest BCUT2D eigenvalue weighted by molar-refractivity contribution is -0.128. The minimum atomic E-state index is -0.405. The Balaban J connectivity index is 1.80. The first-order valence-corrected chi connectivity index (χ1v) is 6.56. The molecule has 0 spiro atoms. The van der Waals surface area contributed by atoms with Crippen LogP contribution >= 0.6 is 0 Å². The van der Waals surface area contributed by atoms with Gasteiger partial charge in [-0.05, 0) is 30.7 Å². The van der Waals surface area contributed by atoms with Crippen molar-refractivity contribution in [3.8, 4) is 0 Å². The quantitative estimate of drug-likeness (QED) is 0.891. The lowest BCUT2D eigenvalue weighted by atomic mass is 10.1. The average Bonchev–Trinajstić information content (AvgIpc) is 2.78. The predicted octanol–water partition coefficient (Wildman–Crippen LogP) is 1.20. The number of likely N-dealkylation sites (N-methyl/N-ethyl adjacent to an activating group) is 1. The monoisotopic (exact) mass is 269 g/mol. The van der Waals surface area contributed by atoms with Crippen LogP contribution in [0.3, 0.4) is 0 Å². The number of aromatic nitrogens is 1. The molecule has 1 aromatic carbocycles. The molecule has 3 rings (SSSR count). The van der Waals surface area contributed by atoms with Crippen LogP contribution in [0.5, 0.6) is 0 Å². The summed E-state index contributed by atoms with van der Waals surface area (Å²) in [5.74, 6) is -0.245. The van der Waals surface area contributed by atoms with Gasteiger partial charge in [-0.2, -0.15) is 0 Å². The number of hydrogen-bond donors (Lipinski definition) is 1. The van der Waals surface area contributed by atoms with Crippen LogP contribution in [0.2, 0.25) is 0 Å². The molecule has 1 aliphatic heterocycles. The smallest absolute Gasteiger partial charge is 0.251 e. The van der Waals surface area contributed by atoms with Gasteiger partial charge in [0.1, 0.15) is 6.04 Å². The van der Waals surface area contributed by atoms with Gasteiger partial charge in [0.15, 0.2) is 0 Å². The molecule has 5 heteroatoms. The van der Waals surface area contributed by atoms with E-state index < -0.39 is 6.04 Å². The fourth-order valence-electron chi connectivity index (χ4n) is 2.41.